The quantitative estimate of drug-likeness (QED) is 0.720. The maximum atomic E-state index is 2.13. The number of rotatable bonds is 4. The van der Waals surface area contributed by atoms with E-state index in [1.165, 1.54) is 9.75 Å². The lowest BCUT2D eigenvalue weighted by molar-refractivity contribution is 1.96. The molecule has 3 heteroatoms. The molecule has 0 atom stereocenters. The van der Waals surface area contributed by atoms with Gasteiger partial charge in [0.05, 0.1) is 0 Å². The molecule has 2 aromatic heterocycles. The second kappa shape index (κ2) is 5.95. The fourth-order valence-electron chi connectivity index (χ4n) is 1.03. The topological polar surface area (TPSA) is 0 Å². The number of hydrogen-bond acceptors (Lipinski definition) is 3. The zero-order valence-electron chi connectivity index (χ0n) is 8.00. The highest BCUT2D eigenvalue weighted by Gasteiger charge is 1.85. The van der Waals surface area contributed by atoms with E-state index >= 15 is 0 Å². The van der Waals surface area contributed by atoms with Crippen molar-refractivity contribution in [3.8, 4) is 0 Å². The van der Waals surface area contributed by atoms with Crippen molar-refractivity contribution in [2.75, 3.05) is 0 Å². The van der Waals surface area contributed by atoms with Crippen LogP contribution in [0.4, 0.5) is 0 Å². The van der Waals surface area contributed by atoms with Gasteiger partial charge in [-0.05, 0) is 45.9 Å². The summed E-state index contributed by atoms with van der Waals surface area (Å²) in [6.45, 7) is 0. The zero-order chi connectivity index (χ0) is 10.3. The van der Waals surface area contributed by atoms with Crippen molar-refractivity contribution in [3.63, 3.8) is 0 Å². The molecular formula is C12H10S3. The van der Waals surface area contributed by atoms with Crippen molar-refractivity contribution in [2.45, 2.75) is 0 Å². The van der Waals surface area contributed by atoms with Crippen LogP contribution in [0.25, 0.3) is 12.2 Å². The van der Waals surface area contributed by atoms with E-state index in [0.717, 1.165) is 0 Å². The highest BCUT2D eigenvalue weighted by atomic mass is 32.2. The first-order chi connectivity index (χ1) is 7.45. The lowest BCUT2D eigenvalue weighted by Gasteiger charge is -1.83. The molecule has 0 saturated carbocycles. The summed E-state index contributed by atoms with van der Waals surface area (Å²) >= 11 is 5.22. The van der Waals surface area contributed by atoms with Crippen molar-refractivity contribution in [2.24, 2.45) is 0 Å². The Labute approximate surface area is 102 Å². The molecule has 2 aromatic rings. The summed E-state index contributed by atoms with van der Waals surface area (Å²) in [5.41, 5.74) is 0. The molecule has 15 heavy (non-hydrogen) atoms. The maximum absolute atomic E-state index is 2.13. The largest absolute Gasteiger partial charge is 0.144 e. The summed E-state index contributed by atoms with van der Waals surface area (Å²) in [4.78, 5) is 2.60. The van der Waals surface area contributed by atoms with Crippen LogP contribution in [0.3, 0.4) is 0 Å². The van der Waals surface area contributed by atoms with Crippen LogP contribution in [0, 0.1) is 0 Å². The predicted octanol–water partition coefficient (Wildman–Crippen LogP) is 5.18. The molecule has 0 bridgehead atoms. The fourth-order valence-corrected chi connectivity index (χ4v) is 2.98. The molecule has 0 saturated heterocycles. The Morgan fingerprint density at radius 3 is 1.80 bits per heavy atom. The van der Waals surface area contributed by atoms with Gasteiger partial charge in [-0.15, -0.1) is 34.4 Å². The van der Waals surface area contributed by atoms with E-state index in [-0.39, 0.29) is 0 Å². The molecule has 0 aliphatic carbocycles. The van der Waals surface area contributed by atoms with Crippen LogP contribution in [0.1, 0.15) is 9.75 Å². The highest BCUT2D eigenvalue weighted by molar-refractivity contribution is 8.05. The van der Waals surface area contributed by atoms with Crippen LogP contribution in [0.15, 0.2) is 45.8 Å². The average Bonchev–Trinajstić information content (AvgIpc) is 2.88. The molecule has 0 N–H and O–H groups in total. The lowest BCUT2D eigenvalue weighted by Crippen LogP contribution is -1.54. The molecule has 2 rings (SSSR count). The van der Waals surface area contributed by atoms with Crippen molar-refractivity contribution >= 4 is 46.6 Å². The van der Waals surface area contributed by atoms with E-state index in [9.17, 15) is 0 Å². The first-order valence-electron chi connectivity index (χ1n) is 4.51. The van der Waals surface area contributed by atoms with Crippen molar-refractivity contribution < 1.29 is 0 Å². The molecule has 0 amide bonds. The van der Waals surface area contributed by atoms with Crippen LogP contribution in [-0.4, -0.2) is 0 Å². The monoisotopic (exact) mass is 250 g/mol. The van der Waals surface area contributed by atoms with Gasteiger partial charge in [0.1, 0.15) is 0 Å². The van der Waals surface area contributed by atoms with Gasteiger partial charge in [0.25, 0.3) is 0 Å². The molecule has 0 aliphatic heterocycles. The molecule has 2 heterocycles. The van der Waals surface area contributed by atoms with Gasteiger partial charge in [0.2, 0.25) is 0 Å². The number of thiophene rings is 2. The third kappa shape index (κ3) is 3.70. The Bertz CT molecular complexity index is 379. The Balaban J connectivity index is 1.80. The fraction of sp³-hybridized carbons (Fsp3) is 0. The third-order valence-corrected chi connectivity index (χ3v) is 3.97. The minimum Gasteiger partial charge on any atom is -0.144 e. The Hall–Kier alpha value is -0.770. The van der Waals surface area contributed by atoms with Crippen LogP contribution in [0.5, 0.6) is 0 Å². The van der Waals surface area contributed by atoms with Gasteiger partial charge in [0, 0.05) is 9.75 Å². The molecule has 0 aliphatic rings. The van der Waals surface area contributed by atoms with Crippen LogP contribution < -0.4 is 0 Å². The smallest absolute Gasteiger partial charge is 0.0275 e. The van der Waals surface area contributed by atoms with Crippen molar-refractivity contribution in [1.82, 2.24) is 0 Å². The lowest BCUT2D eigenvalue weighted by atomic mass is 10.5. The van der Waals surface area contributed by atoms with Crippen LogP contribution in [-0.2, 0) is 0 Å². The summed E-state index contributed by atoms with van der Waals surface area (Å²) in [5, 5.41) is 8.39. The molecule has 0 nitrogen and oxygen atoms in total. The molecule has 0 radical (unpaired) electrons. The predicted molar refractivity (Wildman–Crippen MR) is 74.3 cm³/mol. The van der Waals surface area contributed by atoms with E-state index in [1.807, 2.05) is 0 Å². The normalized spacial score (nSPS) is 11.7. The van der Waals surface area contributed by atoms with Crippen LogP contribution in [0.2, 0.25) is 0 Å². The van der Waals surface area contributed by atoms with E-state index in [2.05, 4.69) is 58.0 Å². The summed E-state index contributed by atoms with van der Waals surface area (Å²) in [6.07, 6.45) is 4.27. The molecule has 76 valence electrons. The molecular weight excluding hydrogens is 240 g/mol. The molecule has 0 aromatic carbocycles. The Morgan fingerprint density at radius 1 is 0.867 bits per heavy atom. The first kappa shape index (κ1) is 10.7. The highest BCUT2D eigenvalue weighted by Crippen LogP contribution is 2.17. The van der Waals surface area contributed by atoms with E-state index < -0.39 is 0 Å². The van der Waals surface area contributed by atoms with Crippen LogP contribution >= 0.6 is 34.4 Å². The molecule has 0 fully saturated rings. The molecule has 0 spiro atoms. The SMILES string of the molecule is C(=Cc1cccs1)SC=Cc1cccs1. The van der Waals surface area contributed by atoms with Gasteiger partial charge in [-0.1, -0.05) is 12.1 Å². The molecule has 0 unspecified atom stereocenters. The minimum absolute atomic E-state index is 1.30. The number of thioether (sulfide) groups is 1. The number of hydrogen-bond donors (Lipinski definition) is 0. The maximum Gasteiger partial charge on any atom is 0.0275 e. The Kier molecular flexibility index (Phi) is 4.26. The second-order valence-electron chi connectivity index (χ2n) is 2.77. The summed E-state index contributed by atoms with van der Waals surface area (Å²) < 4.78 is 0. The van der Waals surface area contributed by atoms with E-state index in [1.54, 1.807) is 34.4 Å². The van der Waals surface area contributed by atoms with Gasteiger partial charge >= 0.3 is 0 Å². The van der Waals surface area contributed by atoms with Crippen molar-refractivity contribution in [1.29, 1.82) is 0 Å². The van der Waals surface area contributed by atoms with Gasteiger partial charge in [-0.25, -0.2) is 0 Å². The van der Waals surface area contributed by atoms with Gasteiger partial charge in [-0.2, -0.15) is 0 Å². The standard InChI is InChI=1S/C12H10S3/c1-3-11(14-7-1)5-9-13-10-6-12-4-2-8-15-12/h1-10H. The van der Waals surface area contributed by atoms with Crippen molar-refractivity contribution in [3.05, 3.63) is 55.6 Å². The second-order valence-corrected chi connectivity index (χ2v) is 5.55. The summed E-state index contributed by atoms with van der Waals surface area (Å²) in [6, 6.07) is 8.36. The summed E-state index contributed by atoms with van der Waals surface area (Å²) in [7, 11) is 0. The first-order valence-corrected chi connectivity index (χ1v) is 7.21. The van der Waals surface area contributed by atoms with Gasteiger partial charge < -0.3 is 0 Å². The third-order valence-electron chi connectivity index (χ3n) is 1.71. The minimum atomic E-state index is 1.30. The van der Waals surface area contributed by atoms with E-state index in [0.29, 0.717) is 0 Å². The summed E-state index contributed by atoms with van der Waals surface area (Å²) in [5.74, 6) is 0. The zero-order valence-corrected chi connectivity index (χ0v) is 10.4. The van der Waals surface area contributed by atoms with E-state index in [4.69, 9.17) is 0 Å². The van der Waals surface area contributed by atoms with Gasteiger partial charge in [-0.3, -0.25) is 0 Å². The van der Waals surface area contributed by atoms with Gasteiger partial charge in [0.15, 0.2) is 0 Å². The Morgan fingerprint density at radius 2 is 1.40 bits per heavy atom. The average molecular weight is 250 g/mol.